The lowest BCUT2D eigenvalue weighted by atomic mass is 10.0. The fourth-order valence-corrected chi connectivity index (χ4v) is 4.52. The van der Waals surface area contributed by atoms with Crippen molar-refractivity contribution in [3.8, 4) is 11.1 Å². The Bertz CT molecular complexity index is 1460. The van der Waals surface area contributed by atoms with Gasteiger partial charge in [0.15, 0.2) is 5.65 Å². The summed E-state index contributed by atoms with van der Waals surface area (Å²) in [5, 5.41) is 11.9. The molecule has 0 radical (unpaired) electrons. The molecule has 190 valence electrons. The number of urea groups is 1. The van der Waals surface area contributed by atoms with E-state index in [1.54, 1.807) is 37.3 Å². The lowest BCUT2D eigenvalue weighted by molar-refractivity contribution is 0.0564. The van der Waals surface area contributed by atoms with Gasteiger partial charge < -0.3 is 19.9 Å². The molecule has 37 heavy (non-hydrogen) atoms. The molecule has 0 bridgehead atoms. The Morgan fingerprint density at radius 1 is 1.11 bits per heavy atom. The predicted molar refractivity (Wildman–Crippen MR) is 143 cm³/mol. The fourth-order valence-electron chi connectivity index (χ4n) is 4.30. The van der Waals surface area contributed by atoms with Crippen molar-refractivity contribution in [2.24, 2.45) is 0 Å². The lowest BCUT2D eigenvalue weighted by Gasteiger charge is -2.27. The molecule has 2 N–H and O–H groups in total. The van der Waals surface area contributed by atoms with Gasteiger partial charge in [-0.1, -0.05) is 29.8 Å². The van der Waals surface area contributed by atoms with Crippen LogP contribution in [0.25, 0.3) is 22.2 Å². The third-order valence-electron chi connectivity index (χ3n) is 6.29. The number of nitrogens with zero attached hydrogens (tertiary/aromatic N) is 4. The molecule has 3 heterocycles. The number of nitrogens with one attached hydrogen (secondary N) is 2. The molecule has 1 saturated heterocycles. The molecule has 3 amide bonds. The first-order valence-electron chi connectivity index (χ1n) is 12.0. The minimum Gasteiger partial charge on any atom is -0.378 e. The number of ether oxygens (including phenoxy) is 1. The van der Waals surface area contributed by atoms with Gasteiger partial charge in [0.25, 0.3) is 5.91 Å². The summed E-state index contributed by atoms with van der Waals surface area (Å²) in [6, 6.07) is 14.9. The number of amides is 3. The van der Waals surface area contributed by atoms with Crippen LogP contribution in [0.15, 0.2) is 54.7 Å². The van der Waals surface area contributed by atoms with Gasteiger partial charge in [0.2, 0.25) is 0 Å². The number of halogens is 1. The molecule has 0 spiro atoms. The summed E-state index contributed by atoms with van der Waals surface area (Å²) in [7, 11) is 3.37. The van der Waals surface area contributed by atoms with Gasteiger partial charge in [-0.25, -0.2) is 9.78 Å². The minimum atomic E-state index is -0.254. The quantitative estimate of drug-likeness (QED) is 0.406. The van der Waals surface area contributed by atoms with Crippen molar-refractivity contribution in [2.45, 2.75) is 6.42 Å². The van der Waals surface area contributed by atoms with Gasteiger partial charge in [-0.05, 0) is 41.5 Å². The molecular weight excluding hydrogens is 492 g/mol. The van der Waals surface area contributed by atoms with Crippen LogP contribution in [0.2, 0.25) is 5.02 Å². The number of hydrogen-bond acceptors (Lipinski definition) is 5. The smallest absolute Gasteiger partial charge is 0.322 e. The lowest BCUT2D eigenvalue weighted by Crippen LogP contribution is -2.43. The minimum absolute atomic E-state index is 0.210. The number of morpholine rings is 1. The standard InChI is InChI=1S/C27H27ClN6O3/c1-33(2)26(35)22-14-18(6-7-23(22)30-27(36)34-8-10-37-11-9-34)19-15-21-24(31-32-25(21)29-16-19)13-17-4-3-5-20(28)12-17/h3-7,12,14-16H,8-11,13H2,1-2H3,(H,30,36)(H,29,31,32). The maximum Gasteiger partial charge on any atom is 0.322 e. The number of pyridine rings is 1. The number of hydrogen-bond donors (Lipinski definition) is 2. The number of carbonyl (C=O) groups excluding carboxylic acids is 2. The van der Waals surface area contributed by atoms with Crippen LogP contribution in [-0.2, 0) is 11.2 Å². The Morgan fingerprint density at radius 2 is 1.92 bits per heavy atom. The Balaban J connectivity index is 1.47. The van der Waals surface area contributed by atoms with Gasteiger partial charge >= 0.3 is 6.03 Å². The highest BCUT2D eigenvalue weighted by molar-refractivity contribution is 6.30. The largest absolute Gasteiger partial charge is 0.378 e. The van der Waals surface area contributed by atoms with Crippen LogP contribution in [0.5, 0.6) is 0 Å². The van der Waals surface area contributed by atoms with E-state index in [0.29, 0.717) is 54.6 Å². The number of aromatic nitrogens is 3. The second-order valence-electron chi connectivity index (χ2n) is 9.09. The molecule has 2 aromatic heterocycles. The summed E-state index contributed by atoms with van der Waals surface area (Å²) >= 11 is 6.16. The van der Waals surface area contributed by atoms with Crippen LogP contribution in [-0.4, -0.2) is 77.3 Å². The monoisotopic (exact) mass is 518 g/mol. The Labute approximate surface area is 219 Å². The molecule has 9 nitrogen and oxygen atoms in total. The summed E-state index contributed by atoms with van der Waals surface area (Å²) < 4.78 is 5.33. The average Bonchev–Trinajstić information content (AvgIpc) is 3.30. The zero-order valence-corrected chi connectivity index (χ0v) is 21.4. The highest BCUT2D eigenvalue weighted by Gasteiger charge is 2.21. The molecule has 1 aliphatic heterocycles. The topological polar surface area (TPSA) is 103 Å². The van der Waals surface area contributed by atoms with E-state index < -0.39 is 0 Å². The normalized spacial score (nSPS) is 13.5. The second-order valence-corrected chi connectivity index (χ2v) is 9.53. The van der Waals surface area contributed by atoms with Crippen LogP contribution >= 0.6 is 11.6 Å². The van der Waals surface area contributed by atoms with E-state index in [2.05, 4.69) is 20.5 Å². The summed E-state index contributed by atoms with van der Waals surface area (Å²) in [6.45, 7) is 2.01. The van der Waals surface area contributed by atoms with E-state index >= 15 is 0 Å². The van der Waals surface area contributed by atoms with Gasteiger partial charge in [-0.2, -0.15) is 5.10 Å². The molecule has 0 saturated carbocycles. The zero-order valence-electron chi connectivity index (χ0n) is 20.6. The first-order valence-corrected chi connectivity index (χ1v) is 12.3. The number of rotatable bonds is 5. The number of anilines is 1. The van der Waals surface area contributed by atoms with Crippen LogP contribution in [0, 0.1) is 0 Å². The van der Waals surface area contributed by atoms with Crippen molar-refractivity contribution >= 4 is 40.3 Å². The van der Waals surface area contributed by atoms with E-state index in [4.69, 9.17) is 16.3 Å². The summed E-state index contributed by atoms with van der Waals surface area (Å²) in [6.07, 6.45) is 2.36. The Hall–Kier alpha value is -3.95. The van der Waals surface area contributed by atoms with E-state index in [0.717, 1.165) is 27.8 Å². The molecule has 5 rings (SSSR count). The third-order valence-corrected chi connectivity index (χ3v) is 6.52. The van der Waals surface area contributed by atoms with Gasteiger partial charge in [0.1, 0.15) is 0 Å². The van der Waals surface area contributed by atoms with Gasteiger partial charge in [0, 0.05) is 61.5 Å². The van der Waals surface area contributed by atoms with Crippen LogP contribution < -0.4 is 5.32 Å². The van der Waals surface area contributed by atoms with E-state index in [9.17, 15) is 9.59 Å². The molecule has 1 aliphatic rings. The predicted octanol–water partition coefficient (Wildman–Crippen LogP) is 4.44. The van der Waals surface area contributed by atoms with Crippen LogP contribution in [0.4, 0.5) is 10.5 Å². The van der Waals surface area contributed by atoms with E-state index in [1.807, 2.05) is 36.4 Å². The summed E-state index contributed by atoms with van der Waals surface area (Å²) in [5.74, 6) is -0.210. The van der Waals surface area contributed by atoms with Gasteiger partial charge in [-0.15, -0.1) is 0 Å². The van der Waals surface area contributed by atoms with Crippen molar-refractivity contribution in [1.82, 2.24) is 25.0 Å². The Morgan fingerprint density at radius 3 is 2.68 bits per heavy atom. The van der Waals surface area contributed by atoms with Gasteiger partial charge in [-0.3, -0.25) is 9.89 Å². The van der Waals surface area contributed by atoms with Crippen molar-refractivity contribution in [1.29, 1.82) is 0 Å². The molecule has 1 fully saturated rings. The molecule has 2 aromatic carbocycles. The van der Waals surface area contributed by atoms with Crippen molar-refractivity contribution < 1.29 is 14.3 Å². The maximum atomic E-state index is 13.1. The van der Waals surface area contributed by atoms with Crippen LogP contribution in [0.3, 0.4) is 0 Å². The number of carbonyl (C=O) groups is 2. The third kappa shape index (κ3) is 5.42. The van der Waals surface area contributed by atoms with E-state index in [-0.39, 0.29) is 11.9 Å². The molecule has 10 heteroatoms. The SMILES string of the molecule is CN(C)C(=O)c1cc(-c2cnc3n[nH]c(Cc4cccc(Cl)c4)c3c2)ccc1NC(=O)N1CCOCC1. The van der Waals surface area contributed by atoms with Crippen molar-refractivity contribution in [3.05, 3.63) is 76.6 Å². The van der Waals surface area contributed by atoms with Crippen molar-refractivity contribution in [2.75, 3.05) is 45.7 Å². The highest BCUT2D eigenvalue weighted by atomic mass is 35.5. The number of H-pyrrole nitrogens is 1. The first kappa shape index (κ1) is 24.7. The zero-order chi connectivity index (χ0) is 25.9. The second kappa shape index (κ2) is 10.6. The van der Waals surface area contributed by atoms with Crippen molar-refractivity contribution in [3.63, 3.8) is 0 Å². The highest BCUT2D eigenvalue weighted by Crippen LogP contribution is 2.29. The first-order chi connectivity index (χ1) is 17.9. The molecule has 0 aliphatic carbocycles. The molecular formula is C27H27ClN6O3. The fraction of sp³-hybridized carbons (Fsp3) is 0.259. The van der Waals surface area contributed by atoms with E-state index in [1.165, 1.54) is 4.90 Å². The van der Waals surface area contributed by atoms with Crippen LogP contribution in [0.1, 0.15) is 21.6 Å². The molecule has 0 atom stereocenters. The maximum absolute atomic E-state index is 13.1. The number of benzene rings is 2. The molecule has 0 unspecified atom stereocenters. The summed E-state index contributed by atoms with van der Waals surface area (Å²) in [4.78, 5) is 33.6. The number of aromatic amines is 1. The average molecular weight is 519 g/mol. The Kier molecular flexibility index (Phi) is 7.07. The van der Waals surface area contributed by atoms with Gasteiger partial charge in [0.05, 0.1) is 24.5 Å². The summed E-state index contributed by atoms with van der Waals surface area (Å²) in [5.41, 5.74) is 5.08. The number of fused-ring (bicyclic) bond motifs is 1. The molecule has 4 aromatic rings.